The monoisotopic (exact) mass is 326 g/mol. The van der Waals surface area contributed by atoms with Gasteiger partial charge in [0.05, 0.1) is 0 Å². The maximum Gasteiger partial charge on any atom is -0.00964 e. The summed E-state index contributed by atoms with van der Waals surface area (Å²) in [6.45, 7) is 9.27. The fourth-order valence-corrected chi connectivity index (χ4v) is 6.58. The molecule has 1 aliphatic carbocycles. The van der Waals surface area contributed by atoms with Crippen LogP contribution in [-0.4, -0.2) is 11.3 Å². The topological polar surface area (TPSA) is 0 Å². The van der Waals surface area contributed by atoms with Gasteiger partial charge in [-0.1, -0.05) is 85.5 Å². The highest BCUT2D eigenvalue weighted by Crippen LogP contribution is 2.50. The average Bonchev–Trinajstić information content (AvgIpc) is 2.73. The van der Waals surface area contributed by atoms with Crippen LogP contribution in [-0.2, 0) is 0 Å². The van der Waals surface area contributed by atoms with Gasteiger partial charge in [-0.3, -0.25) is 0 Å². The maximum atomic E-state index is 2.68. The van der Waals surface area contributed by atoms with Gasteiger partial charge in [-0.15, -0.1) is 8.58 Å². The lowest BCUT2D eigenvalue weighted by Gasteiger charge is -2.43. The van der Waals surface area contributed by atoms with Crippen molar-refractivity contribution in [3.63, 3.8) is 0 Å². The summed E-state index contributed by atoms with van der Waals surface area (Å²) in [5.74, 6) is 2.00. The van der Waals surface area contributed by atoms with E-state index in [-0.39, 0.29) is 0 Å². The summed E-state index contributed by atoms with van der Waals surface area (Å²) in [5, 5.41) is 0.675. The van der Waals surface area contributed by atoms with E-state index in [1.54, 1.807) is 0 Å². The van der Waals surface area contributed by atoms with E-state index >= 15 is 0 Å². The Morgan fingerprint density at radius 3 is 1.73 bits per heavy atom. The highest BCUT2D eigenvalue weighted by molar-refractivity contribution is 7.40. The Morgan fingerprint density at radius 2 is 1.14 bits per heavy atom. The predicted octanol–water partition coefficient (Wildman–Crippen LogP) is 7.80. The van der Waals surface area contributed by atoms with Crippen molar-refractivity contribution in [1.82, 2.24) is 0 Å². The number of hydrogen-bond donors (Lipinski definition) is 0. The van der Waals surface area contributed by atoms with Crippen LogP contribution in [0.1, 0.15) is 111 Å². The normalized spacial score (nSPS) is 34.1. The summed E-state index contributed by atoms with van der Waals surface area (Å²) < 4.78 is 0. The van der Waals surface area contributed by atoms with Crippen LogP contribution < -0.4 is 0 Å². The molecule has 0 radical (unpaired) electrons. The molecule has 0 bridgehead atoms. The molecule has 0 aromatic carbocycles. The van der Waals surface area contributed by atoms with E-state index in [1.807, 2.05) is 13.8 Å². The third-order valence-electron chi connectivity index (χ3n) is 6.30. The molecule has 132 valence electrons. The molecule has 0 aromatic rings. The standard InChI is InChI=1S/C19H37P.C2H6/c1-17-13-9-7-8-12-16-20-19(17,2)18-14-10-5-3-4-6-11-15-18;1-2/h17-18,20H,3-16H2,1-2H3;1-2H3. The van der Waals surface area contributed by atoms with Crippen LogP contribution in [0.2, 0.25) is 0 Å². The molecule has 1 heteroatoms. The molecule has 22 heavy (non-hydrogen) atoms. The molecular formula is C21H43P. The minimum atomic E-state index is 0.675. The van der Waals surface area contributed by atoms with Crippen LogP contribution in [0.4, 0.5) is 0 Å². The predicted molar refractivity (Wildman–Crippen MR) is 106 cm³/mol. The molecule has 1 saturated heterocycles. The van der Waals surface area contributed by atoms with Gasteiger partial charge in [-0.2, -0.15) is 0 Å². The first-order valence-electron chi connectivity index (χ1n) is 10.5. The van der Waals surface area contributed by atoms with Crippen molar-refractivity contribution in [2.45, 2.75) is 116 Å². The maximum absolute atomic E-state index is 2.68. The average molecular weight is 327 g/mol. The summed E-state index contributed by atoms with van der Waals surface area (Å²) in [6.07, 6.45) is 21.1. The summed E-state index contributed by atoms with van der Waals surface area (Å²) in [7, 11) is 1.23. The molecule has 2 aliphatic rings. The van der Waals surface area contributed by atoms with Crippen LogP contribution in [0, 0.1) is 11.8 Å². The molecule has 3 unspecified atom stereocenters. The summed E-state index contributed by atoms with van der Waals surface area (Å²) >= 11 is 0. The van der Waals surface area contributed by atoms with E-state index in [0.29, 0.717) is 5.16 Å². The highest BCUT2D eigenvalue weighted by Gasteiger charge is 2.38. The molecule has 1 aliphatic heterocycles. The SMILES string of the molecule is CC.CC1CCCCCCPC1(C)C1CCCCCCCC1. The zero-order valence-corrected chi connectivity index (χ0v) is 17.1. The lowest BCUT2D eigenvalue weighted by Crippen LogP contribution is -2.37. The Labute approximate surface area is 143 Å². The van der Waals surface area contributed by atoms with E-state index in [4.69, 9.17) is 0 Å². The van der Waals surface area contributed by atoms with Crippen molar-refractivity contribution < 1.29 is 0 Å². The Hall–Kier alpha value is 0.430. The van der Waals surface area contributed by atoms with Crippen LogP contribution in [0.5, 0.6) is 0 Å². The second kappa shape index (κ2) is 11.9. The Kier molecular flexibility index (Phi) is 11.1. The first kappa shape index (κ1) is 20.5. The summed E-state index contributed by atoms with van der Waals surface area (Å²) in [5.41, 5.74) is 0. The van der Waals surface area contributed by atoms with Gasteiger partial charge < -0.3 is 0 Å². The fraction of sp³-hybridized carbons (Fsp3) is 1.00. The molecule has 3 atom stereocenters. The van der Waals surface area contributed by atoms with Gasteiger partial charge in [0.15, 0.2) is 0 Å². The first-order chi connectivity index (χ1) is 10.7. The number of hydrogen-bond acceptors (Lipinski definition) is 0. The summed E-state index contributed by atoms with van der Waals surface area (Å²) in [4.78, 5) is 0. The molecule has 0 spiro atoms. The Balaban J connectivity index is 0.00000116. The fourth-order valence-electron chi connectivity index (χ4n) is 4.54. The van der Waals surface area contributed by atoms with Crippen molar-refractivity contribution >= 4 is 8.58 Å². The first-order valence-corrected chi connectivity index (χ1v) is 11.7. The van der Waals surface area contributed by atoms with Crippen molar-refractivity contribution in [1.29, 1.82) is 0 Å². The third kappa shape index (κ3) is 6.51. The number of rotatable bonds is 1. The molecule has 0 N–H and O–H groups in total. The van der Waals surface area contributed by atoms with Crippen molar-refractivity contribution in [2.24, 2.45) is 11.8 Å². The van der Waals surface area contributed by atoms with Gasteiger partial charge >= 0.3 is 0 Å². The van der Waals surface area contributed by atoms with Crippen LogP contribution in [0.15, 0.2) is 0 Å². The van der Waals surface area contributed by atoms with Gasteiger partial charge in [0.1, 0.15) is 0 Å². The Bertz CT molecular complexity index is 253. The van der Waals surface area contributed by atoms with Crippen molar-refractivity contribution in [2.75, 3.05) is 6.16 Å². The van der Waals surface area contributed by atoms with Gasteiger partial charge in [0.2, 0.25) is 0 Å². The second-order valence-corrected chi connectivity index (χ2v) is 9.64. The van der Waals surface area contributed by atoms with Crippen molar-refractivity contribution in [3.8, 4) is 0 Å². The van der Waals surface area contributed by atoms with E-state index in [9.17, 15) is 0 Å². The van der Waals surface area contributed by atoms with E-state index in [0.717, 1.165) is 11.8 Å². The summed E-state index contributed by atoms with van der Waals surface area (Å²) in [6, 6.07) is 0. The molecule has 0 amide bonds. The molecule has 2 rings (SSSR count). The minimum absolute atomic E-state index is 0.675. The smallest absolute Gasteiger partial charge is 0.00964 e. The second-order valence-electron chi connectivity index (χ2n) is 7.71. The van der Waals surface area contributed by atoms with Crippen LogP contribution >= 0.6 is 8.58 Å². The van der Waals surface area contributed by atoms with Gasteiger partial charge in [-0.25, -0.2) is 0 Å². The quantitative estimate of drug-likeness (QED) is 0.431. The third-order valence-corrected chi connectivity index (χ3v) is 8.56. The van der Waals surface area contributed by atoms with Crippen LogP contribution in [0.25, 0.3) is 0 Å². The molecule has 0 aromatic heterocycles. The highest BCUT2D eigenvalue weighted by atomic mass is 31.1. The van der Waals surface area contributed by atoms with Crippen LogP contribution in [0.3, 0.4) is 0 Å². The molecule has 2 fully saturated rings. The molecule has 1 heterocycles. The van der Waals surface area contributed by atoms with E-state index < -0.39 is 0 Å². The zero-order chi connectivity index (χ0) is 16.3. The minimum Gasteiger partial charge on any atom is -0.115 e. The molecular weight excluding hydrogens is 283 g/mol. The van der Waals surface area contributed by atoms with Gasteiger partial charge in [-0.05, 0) is 48.8 Å². The lowest BCUT2D eigenvalue weighted by atomic mass is 9.76. The van der Waals surface area contributed by atoms with Gasteiger partial charge in [0, 0.05) is 0 Å². The Morgan fingerprint density at radius 1 is 0.682 bits per heavy atom. The lowest BCUT2D eigenvalue weighted by molar-refractivity contribution is 0.249. The zero-order valence-electron chi connectivity index (χ0n) is 16.1. The molecule has 1 saturated carbocycles. The molecule has 0 nitrogen and oxygen atoms in total. The van der Waals surface area contributed by atoms with E-state index in [2.05, 4.69) is 13.8 Å². The van der Waals surface area contributed by atoms with Gasteiger partial charge in [0.25, 0.3) is 0 Å². The largest absolute Gasteiger partial charge is 0.115 e. The van der Waals surface area contributed by atoms with E-state index in [1.165, 1.54) is 98.2 Å². The van der Waals surface area contributed by atoms with Crippen molar-refractivity contribution in [3.05, 3.63) is 0 Å².